The van der Waals surface area contributed by atoms with E-state index in [0.717, 1.165) is 0 Å². The molecule has 0 saturated carbocycles. The molecule has 0 saturated heterocycles. The van der Waals surface area contributed by atoms with E-state index in [1.165, 1.54) is 6.07 Å². The van der Waals surface area contributed by atoms with Crippen LogP contribution in [0.25, 0.3) is 0 Å². The molecule has 104 valence electrons. The Hall–Kier alpha value is -1.75. The van der Waals surface area contributed by atoms with Gasteiger partial charge in [-0.05, 0) is 24.1 Å². The standard InChI is InChI=1S/C13H18ClN3O2/c1-8(2)6-16-12(18)7-17-13(19)9-3-4-10(14)11(15)5-9/h3-5,8H,6-7,15H2,1-2H3,(H,16,18)(H,17,19). The maximum absolute atomic E-state index is 11.8. The lowest BCUT2D eigenvalue weighted by Crippen LogP contribution is -2.38. The number of hydrogen-bond donors (Lipinski definition) is 3. The second-order valence-corrected chi connectivity index (χ2v) is 5.02. The Morgan fingerprint density at radius 1 is 1.32 bits per heavy atom. The van der Waals surface area contributed by atoms with Crippen LogP contribution in [0.15, 0.2) is 18.2 Å². The predicted molar refractivity (Wildman–Crippen MR) is 76.0 cm³/mol. The average molecular weight is 284 g/mol. The first kappa shape index (κ1) is 15.3. The zero-order valence-corrected chi connectivity index (χ0v) is 11.8. The van der Waals surface area contributed by atoms with Crippen molar-refractivity contribution in [1.29, 1.82) is 0 Å². The Bertz CT molecular complexity index is 475. The van der Waals surface area contributed by atoms with Crippen molar-refractivity contribution in [3.05, 3.63) is 28.8 Å². The number of nitrogen functional groups attached to an aromatic ring is 1. The smallest absolute Gasteiger partial charge is 0.251 e. The lowest BCUT2D eigenvalue weighted by atomic mass is 10.2. The van der Waals surface area contributed by atoms with Crippen LogP contribution < -0.4 is 16.4 Å². The minimum atomic E-state index is -0.358. The Balaban J connectivity index is 2.47. The molecule has 0 radical (unpaired) electrons. The predicted octanol–water partition coefficient (Wildman–Crippen LogP) is 1.42. The molecule has 6 heteroatoms. The van der Waals surface area contributed by atoms with Crippen LogP contribution >= 0.6 is 11.6 Å². The summed E-state index contributed by atoms with van der Waals surface area (Å²) < 4.78 is 0. The van der Waals surface area contributed by atoms with Gasteiger partial charge in [-0.15, -0.1) is 0 Å². The van der Waals surface area contributed by atoms with Gasteiger partial charge in [0.2, 0.25) is 5.91 Å². The summed E-state index contributed by atoms with van der Waals surface area (Å²) in [5.74, 6) is -0.206. The molecule has 0 aliphatic heterocycles. The van der Waals surface area contributed by atoms with Gasteiger partial charge < -0.3 is 16.4 Å². The number of nitrogens with one attached hydrogen (secondary N) is 2. The lowest BCUT2D eigenvalue weighted by molar-refractivity contribution is -0.120. The van der Waals surface area contributed by atoms with Gasteiger partial charge in [0, 0.05) is 12.1 Å². The first-order valence-corrected chi connectivity index (χ1v) is 6.38. The summed E-state index contributed by atoms with van der Waals surface area (Å²) in [5, 5.41) is 5.62. The van der Waals surface area contributed by atoms with Gasteiger partial charge in [-0.25, -0.2) is 0 Å². The maximum Gasteiger partial charge on any atom is 0.251 e. The van der Waals surface area contributed by atoms with E-state index in [1.54, 1.807) is 12.1 Å². The fourth-order valence-corrected chi connectivity index (χ4v) is 1.45. The second-order valence-electron chi connectivity index (χ2n) is 4.62. The molecule has 0 heterocycles. The molecule has 0 unspecified atom stereocenters. The van der Waals surface area contributed by atoms with E-state index in [-0.39, 0.29) is 18.4 Å². The topological polar surface area (TPSA) is 84.2 Å². The van der Waals surface area contributed by atoms with E-state index in [4.69, 9.17) is 17.3 Å². The molecular weight excluding hydrogens is 266 g/mol. The molecule has 1 rings (SSSR count). The molecule has 5 nitrogen and oxygen atoms in total. The number of hydrogen-bond acceptors (Lipinski definition) is 3. The fraction of sp³-hybridized carbons (Fsp3) is 0.385. The number of amides is 2. The normalized spacial score (nSPS) is 10.3. The van der Waals surface area contributed by atoms with Crippen LogP contribution in [0.1, 0.15) is 24.2 Å². The van der Waals surface area contributed by atoms with Crippen molar-refractivity contribution in [2.75, 3.05) is 18.8 Å². The van der Waals surface area contributed by atoms with Crippen LogP contribution in [0.5, 0.6) is 0 Å². The van der Waals surface area contributed by atoms with Crippen LogP contribution in [-0.4, -0.2) is 24.9 Å². The molecule has 0 fully saturated rings. The third kappa shape index (κ3) is 5.18. The van der Waals surface area contributed by atoms with Crippen molar-refractivity contribution in [2.24, 2.45) is 5.92 Å². The minimum Gasteiger partial charge on any atom is -0.398 e. The number of carbonyl (C=O) groups is 2. The summed E-state index contributed by atoms with van der Waals surface area (Å²) in [6.45, 7) is 4.52. The minimum absolute atomic E-state index is 0.0614. The van der Waals surface area contributed by atoms with E-state index in [0.29, 0.717) is 28.7 Å². The number of anilines is 1. The maximum atomic E-state index is 11.8. The Kier molecular flexibility index (Phi) is 5.63. The van der Waals surface area contributed by atoms with Gasteiger partial charge in [0.15, 0.2) is 0 Å². The zero-order chi connectivity index (χ0) is 14.4. The van der Waals surface area contributed by atoms with Gasteiger partial charge >= 0.3 is 0 Å². The molecule has 4 N–H and O–H groups in total. The Labute approximate surface area is 117 Å². The van der Waals surface area contributed by atoms with Crippen molar-refractivity contribution in [3.63, 3.8) is 0 Å². The SMILES string of the molecule is CC(C)CNC(=O)CNC(=O)c1ccc(Cl)c(N)c1. The first-order valence-electron chi connectivity index (χ1n) is 6.00. The van der Waals surface area contributed by atoms with Crippen molar-refractivity contribution in [2.45, 2.75) is 13.8 Å². The van der Waals surface area contributed by atoms with E-state index in [1.807, 2.05) is 13.8 Å². The summed E-state index contributed by atoms with van der Waals surface area (Å²) in [5.41, 5.74) is 6.31. The van der Waals surface area contributed by atoms with Gasteiger partial charge in [0.1, 0.15) is 0 Å². The summed E-state index contributed by atoms with van der Waals surface area (Å²) in [6, 6.07) is 4.58. The Morgan fingerprint density at radius 2 is 2.00 bits per heavy atom. The summed E-state index contributed by atoms with van der Waals surface area (Å²) in [7, 11) is 0. The third-order valence-corrected chi connectivity index (χ3v) is 2.72. The first-order chi connectivity index (χ1) is 8.90. The molecule has 0 aliphatic rings. The number of carbonyl (C=O) groups excluding carboxylic acids is 2. The monoisotopic (exact) mass is 283 g/mol. The summed E-state index contributed by atoms with van der Waals surface area (Å²) in [4.78, 5) is 23.2. The van der Waals surface area contributed by atoms with Gasteiger partial charge in [0.05, 0.1) is 17.3 Å². The molecule has 0 aliphatic carbocycles. The molecule has 0 spiro atoms. The zero-order valence-electron chi connectivity index (χ0n) is 11.0. The van der Waals surface area contributed by atoms with Crippen LogP contribution in [0.2, 0.25) is 5.02 Å². The average Bonchev–Trinajstić information content (AvgIpc) is 2.36. The van der Waals surface area contributed by atoms with Gasteiger partial charge in [-0.1, -0.05) is 25.4 Å². The van der Waals surface area contributed by atoms with Crippen LogP contribution in [-0.2, 0) is 4.79 Å². The highest BCUT2D eigenvalue weighted by molar-refractivity contribution is 6.33. The molecular formula is C13H18ClN3O2. The second kappa shape index (κ2) is 6.99. The van der Waals surface area contributed by atoms with Gasteiger partial charge in [0.25, 0.3) is 5.91 Å². The molecule has 0 atom stereocenters. The number of halogens is 1. The van der Waals surface area contributed by atoms with Crippen molar-refractivity contribution in [1.82, 2.24) is 10.6 Å². The number of rotatable bonds is 5. The van der Waals surface area contributed by atoms with E-state index >= 15 is 0 Å². The summed E-state index contributed by atoms with van der Waals surface area (Å²) in [6.07, 6.45) is 0. The molecule has 1 aromatic carbocycles. The largest absolute Gasteiger partial charge is 0.398 e. The van der Waals surface area contributed by atoms with Crippen molar-refractivity contribution < 1.29 is 9.59 Å². The van der Waals surface area contributed by atoms with Gasteiger partial charge in [-0.3, -0.25) is 9.59 Å². The van der Waals surface area contributed by atoms with Crippen LogP contribution in [0.4, 0.5) is 5.69 Å². The summed E-state index contributed by atoms with van der Waals surface area (Å²) >= 11 is 5.76. The van der Waals surface area contributed by atoms with E-state index in [9.17, 15) is 9.59 Å². The van der Waals surface area contributed by atoms with Gasteiger partial charge in [-0.2, -0.15) is 0 Å². The fourth-order valence-electron chi connectivity index (χ4n) is 1.33. The van der Waals surface area contributed by atoms with E-state index < -0.39 is 0 Å². The Morgan fingerprint density at radius 3 is 2.58 bits per heavy atom. The van der Waals surface area contributed by atoms with Crippen molar-refractivity contribution >= 4 is 29.1 Å². The molecule has 19 heavy (non-hydrogen) atoms. The van der Waals surface area contributed by atoms with E-state index in [2.05, 4.69) is 10.6 Å². The quantitative estimate of drug-likeness (QED) is 0.715. The lowest BCUT2D eigenvalue weighted by Gasteiger charge is -2.09. The number of nitrogens with two attached hydrogens (primary N) is 1. The van der Waals surface area contributed by atoms with Crippen LogP contribution in [0.3, 0.4) is 0 Å². The third-order valence-electron chi connectivity index (χ3n) is 2.38. The molecule has 0 bridgehead atoms. The number of benzene rings is 1. The van der Waals surface area contributed by atoms with Crippen molar-refractivity contribution in [3.8, 4) is 0 Å². The highest BCUT2D eigenvalue weighted by Gasteiger charge is 2.09. The highest BCUT2D eigenvalue weighted by atomic mass is 35.5. The molecule has 0 aromatic heterocycles. The molecule has 1 aromatic rings. The van der Waals surface area contributed by atoms with Crippen LogP contribution in [0, 0.1) is 5.92 Å². The highest BCUT2D eigenvalue weighted by Crippen LogP contribution is 2.19. The molecule has 2 amide bonds.